The number of nitrogens with zero attached hydrogens (tertiary/aromatic N) is 2. The van der Waals surface area contributed by atoms with E-state index >= 15 is 0 Å². The van der Waals surface area contributed by atoms with Crippen molar-refractivity contribution in [3.05, 3.63) is 81.9 Å². The number of aliphatic imine (C=N–C) groups is 2. The third kappa shape index (κ3) is 14.1. The molecular formula is C36H46CoN2O6. The van der Waals surface area contributed by atoms with Gasteiger partial charge in [0.1, 0.15) is 11.5 Å². The van der Waals surface area contributed by atoms with Gasteiger partial charge in [0.2, 0.25) is 0 Å². The van der Waals surface area contributed by atoms with Gasteiger partial charge in [-0.2, -0.15) is 0 Å². The van der Waals surface area contributed by atoms with Gasteiger partial charge in [0, 0.05) is 35.5 Å². The average Bonchev–Trinajstić information content (AvgIpc) is 2.91. The van der Waals surface area contributed by atoms with E-state index in [-0.39, 0.29) is 28.6 Å². The molecule has 0 saturated heterocycles. The number of phenols is 2. The van der Waals surface area contributed by atoms with E-state index in [1.165, 1.54) is 11.1 Å². The van der Waals surface area contributed by atoms with Crippen molar-refractivity contribution in [2.75, 3.05) is 0 Å². The molecule has 0 aliphatic heterocycles. The summed E-state index contributed by atoms with van der Waals surface area (Å²) in [7, 11) is 0. The van der Waals surface area contributed by atoms with Crippen LogP contribution in [0.5, 0.6) is 11.5 Å². The molecule has 0 heterocycles. The molecule has 3 aromatic carbocycles. The Morgan fingerprint density at radius 2 is 0.867 bits per heavy atom. The maximum Gasteiger partial charge on any atom is 2.00 e. The van der Waals surface area contributed by atoms with Gasteiger partial charge < -0.3 is 30.0 Å². The molecule has 0 saturated carbocycles. The Morgan fingerprint density at radius 1 is 0.600 bits per heavy atom. The molecular weight excluding hydrogens is 615 g/mol. The second-order valence-corrected chi connectivity index (χ2v) is 11.7. The van der Waals surface area contributed by atoms with Crippen LogP contribution in [0, 0.1) is 0 Å². The van der Waals surface area contributed by atoms with Crippen LogP contribution in [0.3, 0.4) is 0 Å². The topological polar surface area (TPSA) is 145 Å². The standard InChI is InChI=1S/C32H40N2O2.2C2H4O2.Co/c1-19(2)23-13-25(31(35)29(15-23)21(5)6)17-33-27-9-11-28(12-10-27)34-18-26-14-24(20(3)4)16-30(22(7)8)32(26)36;2*1-2(3)4;/h9-22,35-36H,1-8H3;2*1H3,(H,3,4);/q;;;+2/p-2. The molecule has 0 fully saturated rings. The fourth-order valence-corrected chi connectivity index (χ4v) is 4.06. The van der Waals surface area contributed by atoms with E-state index < -0.39 is 11.9 Å². The average molecular weight is 662 g/mol. The molecule has 0 aliphatic rings. The van der Waals surface area contributed by atoms with Crippen LogP contribution in [0.15, 0.2) is 58.5 Å². The molecule has 0 bridgehead atoms. The summed E-state index contributed by atoms with van der Waals surface area (Å²) in [5, 5.41) is 39.3. The molecule has 245 valence electrons. The maximum atomic E-state index is 10.8. The number of carboxylic acids is 2. The van der Waals surface area contributed by atoms with Gasteiger partial charge in [0.25, 0.3) is 0 Å². The molecule has 0 amide bonds. The van der Waals surface area contributed by atoms with Crippen LogP contribution >= 0.6 is 0 Å². The zero-order valence-corrected chi connectivity index (χ0v) is 28.9. The third-order valence-corrected chi connectivity index (χ3v) is 6.51. The van der Waals surface area contributed by atoms with Gasteiger partial charge in [-0.15, -0.1) is 0 Å². The number of hydrogen-bond acceptors (Lipinski definition) is 8. The molecule has 3 aromatic rings. The van der Waals surface area contributed by atoms with Crippen LogP contribution in [0.25, 0.3) is 0 Å². The SMILES string of the molecule is CC(=O)[O-].CC(=O)[O-].CC(C)c1cc(C=Nc2ccc(N=Cc3cc(C(C)C)cc(C(C)C)c3O)cc2)c(O)c(C(C)C)c1.[Co+2]. The minimum Gasteiger partial charge on any atom is -0.550 e. The number of carbonyl (C=O) groups excluding carboxylic acids is 2. The van der Waals surface area contributed by atoms with Gasteiger partial charge in [-0.05, 0) is 96.2 Å². The Morgan fingerprint density at radius 3 is 1.09 bits per heavy atom. The molecule has 0 atom stereocenters. The largest absolute Gasteiger partial charge is 2.00 e. The third-order valence-electron chi connectivity index (χ3n) is 6.51. The summed E-state index contributed by atoms with van der Waals surface area (Å²) < 4.78 is 0. The van der Waals surface area contributed by atoms with Crippen LogP contribution in [-0.4, -0.2) is 34.6 Å². The van der Waals surface area contributed by atoms with Crippen molar-refractivity contribution in [1.82, 2.24) is 0 Å². The number of benzene rings is 3. The second kappa shape index (κ2) is 19.4. The number of rotatable bonds is 8. The Hall–Kier alpha value is -3.95. The van der Waals surface area contributed by atoms with Gasteiger partial charge in [0.15, 0.2) is 0 Å². The van der Waals surface area contributed by atoms with Crippen molar-refractivity contribution in [3.8, 4) is 11.5 Å². The summed E-state index contributed by atoms with van der Waals surface area (Å²) in [4.78, 5) is 27.0. The quantitative estimate of drug-likeness (QED) is 0.260. The Bertz CT molecular complexity index is 1340. The summed E-state index contributed by atoms with van der Waals surface area (Å²) in [6.07, 6.45) is 3.46. The van der Waals surface area contributed by atoms with E-state index in [1.807, 2.05) is 36.4 Å². The first-order valence-electron chi connectivity index (χ1n) is 14.7. The van der Waals surface area contributed by atoms with Gasteiger partial charge in [0.05, 0.1) is 11.4 Å². The zero-order valence-electron chi connectivity index (χ0n) is 27.8. The van der Waals surface area contributed by atoms with Crippen molar-refractivity contribution in [2.45, 2.75) is 92.9 Å². The summed E-state index contributed by atoms with van der Waals surface area (Å²) in [6, 6.07) is 15.8. The van der Waals surface area contributed by atoms with Crippen molar-refractivity contribution in [2.24, 2.45) is 9.98 Å². The van der Waals surface area contributed by atoms with E-state index in [9.17, 15) is 10.2 Å². The number of aromatic hydroxyl groups is 2. The maximum absolute atomic E-state index is 10.8. The molecule has 0 spiro atoms. The predicted octanol–water partition coefficient (Wildman–Crippen LogP) is 6.60. The number of carbonyl (C=O) groups is 2. The summed E-state index contributed by atoms with van der Waals surface area (Å²) >= 11 is 0. The molecule has 8 nitrogen and oxygen atoms in total. The molecule has 0 aliphatic carbocycles. The van der Waals surface area contributed by atoms with Crippen LogP contribution in [0.2, 0.25) is 0 Å². The van der Waals surface area contributed by atoms with Crippen LogP contribution in [0.4, 0.5) is 11.4 Å². The normalized spacial score (nSPS) is 11.0. The number of carboxylic acid groups (broad SMARTS) is 2. The predicted molar refractivity (Wildman–Crippen MR) is 175 cm³/mol. The Kier molecular flexibility index (Phi) is 17.7. The van der Waals surface area contributed by atoms with E-state index in [0.29, 0.717) is 23.3 Å². The van der Waals surface area contributed by atoms with E-state index in [2.05, 4.69) is 77.5 Å². The molecule has 1 radical (unpaired) electrons. The number of hydrogen-bond donors (Lipinski definition) is 2. The van der Waals surface area contributed by atoms with Gasteiger partial charge in [-0.1, -0.05) is 67.5 Å². The van der Waals surface area contributed by atoms with Crippen molar-refractivity contribution in [3.63, 3.8) is 0 Å². The summed E-state index contributed by atoms with van der Waals surface area (Å²) in [6.45, 7) is 18.9. The Labute approximate surface area is 278 Å². The molecule has 2 N–H and O–H groups in total. The van der Waals surface area contributed by atoms with E-state index in [1.54, 1.807) is 12.4 Å². The number of aliphatic carboxylic acids is 2. The molecule has 3 rings (SSSR count). The second-order valence-electron chi connectivity index (χ2n) is 11.7. The molecule has 0 unspecified atom stereocenters. The molecule has 9 heteroatoms. The van der Waals surface area contributed by atoms with Crippen LogP contribution < -0.4 is 10.2 Å². The zero-order chi connectivity index (χ0) is 33.7. The van der Waals surface area contributed by atoms with Crippen molar-refractivity contribution in [1.29, 1.82) is 0 Å². The van der Waals surface area contributed by atoms with E-state index in [4.69, 9.17) is 19.8 Å². The first-order valence-corrected chi connectivity index (χ1v) is 14.7. The van der Waals surface area contributed by atoms with Gasteiger partial charge in [-0.3, -0.25) is 9.98 Å². The summed E-state index contributed by atoms with van der Waals surface area (Å²) in [5.41, 5.74) is 7.28. The minimum absolute atomic E-state index is 0. The smallest absolute Gasteiger partial charge is 0.550 e. The monoisotopic (exact) mass is 661 g/mol. The fourth-order valence-electron chi connectivity index (χ4n) is 4.06. The van der Waals surface area contributed by atoms with Crippen LogP contribution in [-0.2, 0) is 26.4 Å². The van der Waals surface area contributed by atoms with Crippen molar-refractivity contribution >= 4 is 35.7 Å². The van der Waals surface area contributed by atoms with E-state index in [0.717, 1.165) is 47.5 Å². The van der Waals surface area contributed by atoms with Gasteiger partial charge in [-0.25, -0.2) is 0 Å². The molecule has 0 aromatic heterocycles. The first kappa shape index (κ1) is 41.0. The fraction of sp³-hybridized carbons (Fsp3) is 0.389. The molecule has 45 heavy (non-hydrogen) atoms. The van der Waals surface area contributed by atoms with Gasteiger partial charge >= 0.3 is 16.8 Å². The van der Waals surface area contributed by atoms with Crippen molar-refractivity contribution < 1.29 is 46.8 Å². The number of phenolic OH excluding ortho intramolecular Hbond substituents is 2. The van der Waals surface area contributed by atoms with Crippen LogP contribution in [0.1, 0.15) is 126 Å². The minimum atomic E-state index is -1.08. The summed E-state index contributed by atoms with van der Waals surface area (Å²) in [5.74, 6) is -0.392. The first-order chi connectivity index (χ1) is 20.4. The Balaban J connectivity index is 0.00000192.